The molecule has 0 aliphatic rings. The van der Waals surface area contributed by atoms with Gasteiger partial charge in [-0.1, -0.05) is 30.3 Å². The Morgan fingerprint density at radius 1 is 1.00 bits per heavy atom. The third-order valence-electron chi connectivity index (χ3n) is 5.00. The molecule has 158 valence electrons. The predicted octanol–water partition coefficient (Wildman–Crippen LogP) is 2.24. The van der Waals surface area contributed by atoms with E-state index in [1.807, 2.05) is 36.2 Å². The molecule has 3 aromatic carbocycles. The highest BCUT2D eigenvalue weighted by Gasteiger charge is 2.24. The molecule has 0 radical (unpaired) electrons. The fourth-order valence-electron chi connectivity index (χ4n) is 3.28. The van der Waals surface area contributed by atoms with E-state index in [0.717, 1.165) is 16.5 Å². The number of anilines is 1. The molecule has 1 atom stereocenters. The molecule has 3 aromatic rings. The topological polar surface area (TPSA) is 111 Å². The van der Waals surface area contributed by atoms with Gasteiger partial charge in [-0.2, -0.15) is 4.31 Å². The lowest BCUT2D eigenvalue weighted by Gasteiger charge is -2.26. The van der Waals surface area contributed by atoms with E-state index in [0.29, 0.717) is 5.56 Å². The minimum Gasteiger partial charge on any atom is -0.390 e. The number of nitrogen functional groups attached to an aromatic ring is 1. The number of nitrogens with two attached hydrogens (primary N) is 1. The Labute approximate surface area is 176 Å². The average Bonchev–Trinajstić information content (AvgIpc) is 2.73. The van der Waals surface area contributed by atoms with Gasteiger partial charge in [0.1, 0.15) is 5.84 Å². The molecule has 0 fully saturated rings. The van der Waals surface area contributed by atoms with Gasteiger partial charge in [-0.05, 0) is 47.2 Å². The number of rotatable bonds is 8. The van der Waals surface area contributed by atoms with Crippen LogP contribution in [0.25, 0.3) is 10.8 Å². The fourth-order valence-corrected chi connectivity index (χ4v) is 4.52. The van der Waals surface area contributed by atoms with Crippen LogP contribution in [0.15, 0.2) is 71.6 Å². The van der Waals surface area contributed by atoms with Crippen molar-refractivity contribution in [3.8, 4) is 0 Å². The number of benzene rings is 3. The highest BCUT2D eigenvalue weighted by molar-refractivity contribution is 7.89. The minimum atomic E-state index is -3.72. The van der Waals surface area contributed by atoms with Crippen molar-refractivity contribution in [3.05, 3.63) is 72.3 Å². The van der Waals surface area contributed by atoms with Crippen LogP contribution in [0.4, 0.5) is 5.69 Å². The highest BCUT2D eigenvalue weighted by Crippen LogP contribution is 2.21. The lowest BCUT2D eigenvalue weighted by molar-refractivity contribution is 0.159. The summed E-state index contributed by atoms with van der Waals surface area (Å²) in [6.45, 7) is 0.210. The molecular weight excluding hydrogens is 400 g/mol. The first kappa shape index (κ1) is 21.8. The maximum Gasteiger partial charge on any atom is 0.242 e. The number of nitrogens with one attached hydrogen (secondary N) is 1. The first-order chi connectivity index (χ1) is 14.2. The van der Waals surface area contributed by atoms with Crippen molar-refractivity contribution in [1.82, 2.24) is 4.31 Å². The molecule has 0 aliphatic carbocycles. The first-order valence-corrected chi connectivity index (χ1v) is 10.9. The van der Waals surface area contributed by atoms with Gasteiger partial charge in [0.15, 0.2) is 0 Å². The van der Waals surface area contributed by atoms with Crippen LogP contribution in [0.5, 0.6) is 0 Å². The second-order valence-electron chi connectivity index (χ2n) is 7.29. The zero-order chi connectivity index (χ0) is 21.9. The summed E-state index contributed by atoms with van der Waals surface area (Å²) in [5.41, 5.74) is 6.91. The number of nitrogens with zero attached hydrogens (tertiary/aromatic N) is 2. The van der Waals surface area contributed by atoms with Crippen molar-refractivity contribution >= 4 is 32.3 Å². The largest absolute Gasteiger partial charge is 0.390 e. The lowest BCUT2D eigenvalue weighted by Crippen LogP contribution is -2.40. The number of amidine groups is 1. The monoisotopic (exact) mass is 426 g/mol. The number of sulfonamides is 1. The first-order valence-electron chi connectivity index (χ1n) is 9.47. The molecule has 30 heavy (non-hydrogen) atoms. The van der Waals surface area contributed by atoms with E-state index in [-0.39, 0.29) is 23.8 Å². The summed E-state index contributed by atoms with van der Waals surface area (Å²) in [6.07, 6.45) is -0.886. The molecule has 4 N–H and O–H groups in total. The van der Waals surface area contributed by atoms with Crippen LogP contribution in [0.3, 0.4) is 0 Å². The standard InChI is InChI=1S/C22H26N4O3S/c1-25(19-10-7-17(8-11-19)22(23)24)14-20(27)15-26(2)30(28,29)21-12-9-16-5-3-4-6-18(16)13-21/h3-13,20,27H,14-15H2,1-2H3,(H3,23,24). The van der Waals surface area contributed by atoms with E-state index in [9.17, 15) is 13.5 Å². The number of hydrogen-bond donors (Lipinski definition) is 3. The van der Waals surface area contributed by atoms with Gasteiger partial charge in [0.2, 0.25) is 10.0 Å². The van der Waals surface area contributed by atoms with Crippen molar-refractivity contribution in [2.75, 3.05) is 32.1 Å². The van der Waals surface area contributed by atoms with Crippen LogP contribution in [0.2, 0.25) is 0 Å². The van der Waals surface area contributed by atoms with Crippen molar-refractivity contribution in [2.45, 2.75) is 11.0 Å². The second-order valence-corrected chi connectivity index (χ2v) is 9.33. The molecule has 7 nitrogen and oxygen atoms in total. The molecule has 0 spiro atoms. The van der Waals surface area contributed by atoms with Gasteiger partial charge >= 0.3 is 0 Å². The summed E-state index contributed by atoms with van der Waals surface area (Å²) in [6, 6.07) is 19.7. The van der Waals surface area contributed by atoms with Crippen molar-refractivity contribution in [2.24, 2.45) is 5.73 Å². The van der Waals surface area contributed by atoms with Crippen molar-refractivity contribution in [1.29, 1.82) is 5.41 Å². The van der Waals surface area contributed by atoms with Gasteiger partial charge in [-0.15, -0.1) is 0 Å². The number of likely N-dealkylation sites (N-methyl/N-ethyl adjacent to an activating group) is 2. The van der Waals surface area contributed by atoms with Crippen molar-refractivity contribution in [3.63, 3.8) is 0 Å². The summed E-state index contributed by atoms with van der Waals surface area (Å²) in [5, 5.41) is 19.7. The average molecular weight is 427 g/mol. The fraction of sp³-hybridized carbons (Fsp3) is 0.227. The molecule has 0 aliphatic heterocycles. The van der Waals surface area contributed by atoms with E-state index < -0.39 is 16.1 Å². The second kappa shape index (κ2) is 8.83. The molecule has 0 bridgehead atoms. The quantitative estimate of drug-likeness (QED) is 0.378. The van der Waals surface area contributed by atoms with Gasteiger partial charge < -0.3 is 15.7 Å². The predicted molar refractivity (Wildman–Crippen MR) is 120 cm³/mol. The molecule has 0 aromatic heterocycles. The van der Waals surface area contributed by atoms with Gasteiger partial charge in [0.05, 0.1) is 11.0 Å². The molecule has 3 rings (SSSR count). The van der Waals surface area contributed by atoms with Gasteiger partial charge in [0, 0.05) is 38.4 Å². The van der Waals surface area contributed by atoms with Gasteiger partial charge in [0.25, 0.3) is 0 Å². The Bertz CT molecular complexity index is 1150. The van der Waals surface area contributed by atoms with Crippen LogP contribution in [0, 0.1) is 5.41 Å². The molecule has 8 heteroatoms. The maximum atomic E-state index is 12.9. The van der Waals surface area contributed by atoms with Crippen LogP contribution in [-0.2, 0) is 10.0 Å². The van der Waals surface area contributed by atoms with E-state index in [1.165, 1.54) is 11.4 Å². The molecule has 0 saturated carbocycles. The van der Waals surface area contributed by atoms with Crippen molar-refractivity contribution < 1.29 is 13.5 Å². The number of fused-ring (bicyclic) bond motifs is 1. The molecular formula is C22H26N4O3S. The summed E-state index contributed by atoms with van der Waals surface area (Å²) < 4.78 is 27.1. The summed E-state index contributed by atoms with van der Waals surface area (Å²) in [4.78, 5) is 2.02. The van der Waals surface area contributed by atoms with Gasteiger partial charge in [-0.3, -0.25) is 5.41 Å². The van der Waals surface area contributed by atoms with E-state index >= 15 is 0 Å². The Hall–Kier alpha value is -2.94. The maximum absolute atomic E-state index is 12.9. The molecule has 0 heterocycles. The normalized spacial score (nSPS) is 12.8. The lowest BCUT2D eigenvalue weighted by atomic mass is 10.1. The zero-order valence-corrected chi connectivity index (χ0v) is 17.8. The van der Waals surface area contributed by atoms with Crippen LogP contribution < -0.4 is 10.6 Å². The molecule has 0 amide bonds. The third kappa shape index (κ3) is 4.79. The Morgan fingerprint density at radius 3 is 2.27 bits per heavy atom. The Balaban J connectivity index is 1.67. The number of aliphatic hydroxyl groups is 1. The number of aliphatic hydroxyl groups excluding tert-OH is 1. The van der Waals surface area contributed by atoms with E-state index in [2.05, 4.69) is 0 Å². The zero-order valence-electron chi connectivity index (χ0n) is 17.0. The third-order valence-corrected chi connectivity index (χ3v) is 6.82. The number of hydrogen-bond acceptors (Lipinski definition) is 5. The summed E-state index contributed by atoms with van der Waals surface area (Å²) in [5.74, 6) is -0.00948. The van der Waals surface area contributed by atoms with E-state index in [1.54, 1.807) is 42.5 Å². The van der Waals surface area contributed by atoms with Crippen LogP contribution in [-0.4, -0.2) is 57.0 Å². The van der Waals surface area contributed by atoms with E-state index in [4.69, 9.17) is 11.1 Å². The highest BCUT2D eigenvalue weighted by atomic mass is 32.2. The summed E-state index contributed by atoms with van der Waals surface area (Å²) in [7, 11) is -0.447. The minimum absolute atomic E-state index is 0.00948. The smallest absolute Gasteiger partial charge is 0.242 e. The Morgan fingerprint density at radius 2 is 1.63 bits per heavy atom. The SMILES string of the molecule is CN(CC(O)CN(C)S(=O)(=O)c1ccc2ccccc2c1)c1ccc(C(=N)N)cc1. The summed E-state index contributed by atoms with van der Waals surface area (Å²) >= 11 is 0. The Kier molecular flexibility index (Phi) is 6.40. The van der Waals surface area contributed by atoms with Crippen LogP contribution in [0.1, 0.15) is 5.56 Å². The molecule has 1 unspecified atom stereocenters. The van der Waals surface area contributed by atoms with Gasteiger partial charge in [-0.25, -0.2) is 8.42 Å². The molecule has 0 saturated heterocycles. The van der Waals surface area contributed by atoms with Crippen LogP contribution >= 0.6 is 0 Å².